The van der Waals surface area contributed by atoms with Crippen LogP contribution in [0.5, 0.6) is 0 Å². The minimum atomic E-state index is -0.180. The van der Waals surface area contributed by atoms with Crippen molar-refractivity contribution in [3.63, 3.8) is 0 Å². The first-order chi connectivity index (χ1) is 10.4. The third kappa shape index (κ3) is 2.88. The molecule has 22 heavy (non-hydrogen) atoms. The van der Waals surface area contributed by atoms with Gasteiger partial charge in [0.1, 0.15) is 5.69 Å². The van der Waals surface area contributed by atoms with Crippen LogP contribution in [0.1, 0.15) is 32.4 Å². The van der Waals surface area contributed by atoms with Crippen molar-refractivity contribution in [1.29, 1.82) is 0 Å². The normalized spacial score (nSPS) is 11.6. The largest absolute Gasteiger partial charge is 0.419 e. The van der Waals surface area contributed by atoms with E-state index in [-0.39, 0.29) is 5.41 Å². The van der Waals surface area contributed by atoms with Gasteiger partial charge in [-0.25, -0.2) is 4.98 Å². The highest BCUT2D eigenvalue weighted by atomic mass is 16.4. The summed E-state index contributed by atoms with van der Waals surface area (Å²) >= 11 is 0. The van der Waals surface area contributed by atoms with E-state index in [2.05, 4.69) is 20.2 Å². The van der Waals surface area contributed by atoms with Crippen LogP contribution in [-0.4, -0.2) is 20.2 Å². The van der Waals surface area contributed by atoms with Gasteiger partial charge < -0.3 is 4.42 Å². The van der Waals surface area contributed by atoms with Crippen molar-refractivity contribution >= 4 is 0 Å². The van der Waals surface area contributed by atoms with Crippen LogP contribution < -0.4 is 0 Å². The van der Waals surface area contributed by atoms with Crippen molar-refractivity contribution in [2.75, 3.05) is 0 Å². The molecule has 0 aliphatic heterocycles. The first kappa shape index (κ1) is 14.4. The zero-order valence-corrected chi connectivity index (χ0v) is 13.2. The van der Waals surface area contributed by atoms with E-state index in [1.165, 1.54) is 0 Å². The second-order valence-electron chi connectivity index (χ2n) is 6.23. The van der Waals surface area contributed by atoms with E-state index in [9.17, 15) is 0 Å². The first-order valence-corrected chi connectivity index (χ1v) is 7.19. The van der Waals surface area contributed by atoms with E-state index in [1.807, 2.05) is 64.1 Å². The Morgan fingerprint density at radius 1 is 0.818 bits per heavy atom. The van der Waals surface area contributed by atoms with Gasteiger partial charge in [-0.2, -0.15) is 0 Å². The van der Waals surface area contributed by atoms with Crippen LogP contribution in [0, 0.1) is 6.92 Å². The number of aromatic nitrogens is 4. The lowest BCUT2D eigenvalue weighted by atomic mass is 9.97. The molecule has 0 aliphatic rings. The van der Waals surface area contributed by atoms with E-state index < -0.39 is 0 Å². The fourth-order valence-corrected chi connectivity index (χ4v) is 2.01. The fraction of sp³-hybridized carbons (Fsp3) is 0.294. The quantitative estimate of drug-likeness (QED) is 0.719. The third-order valence-corrected chi connectivity index (χ3v) is 3.19. The molecule has 0 amide bonds. The molecule has 3 aromatic rings. The molecule has 0 saturated carbocycles. The van der Waals surface area contributed by atoms with Crippen molar-refractivity contribution in [3.05, 3.63) is 48.0 Å². The molecule has 0 N–H and O–H groups in total. The van der Waals surface area contributed by atoms with Gasteiger partial charge in [0.25, 0.3) is 5.89 Å². The van der Waals surface area contributed by atoms with E-state index >= 15 is 0 Å². The molecule has 0 saturated heterocycles. The van der Waals surface area contributed by atoms with Crippen molar-refractivity contribution in [2.24, 2.45) is 0 Å². The minimum Gasteiger partial charge on any atom is -0.419 e. The molecule has 0 unspecified atom stereocenters. The Morgan fingerprint density at radius 2 is 1.45 bits per heavy atom. The molecule has 0 bridgehead atoms. The summed E-state index contributed by atoms with van der Waals surface area (Å²) in [4.78, 5) is 9.08. The van der Waals surface area contributed by atoms with Crippen molar-refractivity contribution < 1.29 is 4.42 Å². The number of hydrogen-bond acceptors (Lipinski definition) is 5. The monoisotopic (exact) mass is 294 g/mol. The number of aryl methyl sites for hydroxylation is 1. The van der Waals surface area contributed by atoms with Gasteiger partial charge in [0, 0.05) is 11.1 Å². The maximum Gasteiger partial charge on any atom is 0.266 e. The van der Waals surface area contributed by atoms with Gasteiger partial charge in [0.05, 0.1) is 11.4 Å². The summed E-state index contributed by atoms with van der Waals surface area (Å²) in [6.07, 6.45) is 0. The fourth-order valence-electron chi connectivity index (χ4n) is 2.01. The van der Waals surface area contributed by atoms with Crippen LogP contribution in [-0.2, 0) is 5.41 Å². The molecule has 112 valence electrons. The summed E-state index contributed by atoms with van der Waals surface area (Å²) in [7, 11) is 0. The zero-order chi connectivity index (χ0) is 15.7. The molecule has 5 nitrogen and oxygen atoms in total. The molecule has 3 rings (SSSR count). The molecule has 0 radical (unpaired) electrons. The van der Waals surface area contributed by atoms with Gasteiger partial charge in [-0.3, -0.25) is 4.98 Å². The number of hydrogen-bond donors (Lipinski definition) is 0. The molecule has 3 heterocycles. The standard InChI is InChI=1S/C17H18N4O/c1-11-7-5-8-12(18-11)13-9-6-10-14(19-13)15-20-21-16(22-15)17(2,3)4/h5-10H,1-4H3. The summed E-state index contributed by atoms with van der Waals surface area (Å²) in [5.41, 5.74) is 3.05. The molecule has 0 aromatic carbocycles. The molecule has 0 aliphatic carbocycles. The van der Waals surface area contributed by atoms with Gasteiger partial charge in [-0.05, 0) is 31.2 Å². The van der Waals surface area contributed by atoms with Gasteiger partial charge in [0.2, 0.25) is 5.89 Å². The zero-order valence-electron chi connectivity index (χ0n) is 13.2. The Kier molecular flexibility index (Phi) is 3.48. The van der Waals surface area contributed by atoms with Crippen LogP contribution in [0.25, 0.3) is 23.0 Å². The topological polar surface area (TPSA) is 64.7 Å². The summed E-state index contributed by atoms with van der Waals surface area (Å²) < 4.78 is 5.74. The van der Waals surface area contributed by atoms with Gasteiger partial charge in [-0.15, -0.1) is 10.2 Å². The van der Waals surface area contributed by atoms with Gasteiger partial charge in [-0.1, -0.05) is 32.9 Å². The third-order valence-electron chi connectivity index (χ3n) is 3.19. The Hall–Kier alpha value is -2.56. The van der Waals surface area contributed by atoms with E-state index in [0.29, 0.717) is 17.5 Å². The van der Waals surface area contributed by atoms with E-state index in [1.54, 1.807) is 0 Å². The second-order valence-corrected chi connectivity index (χ2v) is 6.23. The molecule has 0 atom stereocenters. The molecule has 3 aromatic heterocycles. The predicted octanol–water partition coefficient (Wildman–Crippen LogP) is 3.80. The number of pyridine rings is 2. The van der Waals surface area contributed by atoms with E-state index in [4.69, 9.17) is 4.42 Å². The van der Waals surface area contributed by atoms with Gasteiger partial charge in [0.15, 0.2) is 0 Å². The molecular weight excluding hydrogens is 276 g/mol. The SMILES string of the molecule is Cc1cccc(-c2cccc(-c3nnc(C(C)(C)C)o3)n2)n1. The Labute approximate surface area is 129 Å². The molecule has 5 heteroatoms. The minimum absolute atomic E-state index is 0.180. The number of nitrogens with zero attached hydrogens (tertiary/aromatic N) is 4. The van der Waals surface area contributed by atoms with Crippen molar-refractivity contribution in [2.45, 2.75) is 33.1 Å². The predicted molar refractivity (Wildman–Crippen MR) is 84.2 cm³/mol. The van der Waals surface area contributed by atoms with Crippen LogP contribution in [0.3, 0.4) is 0 Å². The summed E-state index contributed by atoms with van der Waals surface area (Å²) in [5.74, 6) is 1.03. The smallest absolute Gasteiger partial charge is 0.266 e. The lowest BCUT2D eigenvalue weighted by Gasteiger charge is -2.10. The maximum absolute atomic E-state index is 5.74. The maximum atomic E-state index is 5.74. The highest BCUT2D eigenvalue weighted by Crippen LogP contribution is 2.25. The summed E-state index contributed by atoms with van der Waals surface area (Å²) in [6, 6.07) is 11.6. The first-order valence-electron chi connectivity index (χ1n) is 7.19. The highest BCUT2D eigenvalue weighted by molar-refractivity contribution is 5.59. The Morgan fingerprint density at radius 3 is 2.09 bits per heavy atom. The lowest BCUT2D eigenvalue weighted by Crippen LogP contribution is -2.11. The van der Waals surface area contributed by atoms with Crippen LogP contribution in [0.4, 0.5) is 0 Å². The molecule has 0 fully saturated rings. The summed E-state index contributed by atoms with van der Waals surface area (Å²) in [6.45, 7) is 8.06. The Bertz CT molecular complexity index is 802. The van der Waals surface area contributed by atoms with E-state index in [0.717, 1.165) is 17.1 Å². The molecular formula is C17H18N4O. The lowest BCUT2D eigenvalue weighted by molar-refractivity contribution is 0.398. The van der Waals surface area contributed by atoms with Crippen LogP contribution in [0.15, 0.2) is 40.8 Å². The average Bonchev–Trinajstić information content (AvgIpc) is 2.97. The summed E-state index contributed by atoms with van der Waals surface area (Å²) in [5, 5.41) is 8.21. The number of rotatable bonds is 2. The average molecular weight is 294 g/mol. The van der Waals surface area contributed by atoms with Crippen LogP contribution >= 0.6 is 0 Å². The highest BCUT2D eigenvalue weighted by Gasteiger charge is 2.22. The van der Waals surface area contributed by atoms with Crippen LogP contribution in [0.2, 0.25) is 0 Å². The van der Waals surface area contributed by atoms with Crippen molar-refractivity contribution in [3.8, 4) is 23.0 Å². The van der Waals surface area contributed by atoms with Gasteiger partial charge >= 0.3 is 0 Å². The molecule has 0 spiro atoms. The second kappa shape index (κ2) is 5.33. The Balaban J connectivity index is 1.99. The van der Waals surface area contributed by atoms with Crippen molar-refractivity contribution in [1.82, 2.24) is 20.2 Å².